The number of aromatic nitrogens is 9. The van der Waals surface area contributed by atoms with Gasteiger partial charge >= 0.3 is 0 Å². The molecule has 12 aromatic rings. The molecular formula is C99H87Cl14FN18O9. The number of hydrogen-bond acceptors (Lipinski definition) is 21. The zero-order valence-electron chi connectivity index (χ0n) is 78.0. The van der Waals surface area contributed by atoms with E-state index in [1.54, 1.807) is 70.5 Å². The van der Waals surface area contributed by atoms with Gasteiger partial charge in [-0.15, -0.1) is 0 Å². The Kier molecular flexibility index (Phi) is 32.4. The van der Waals surface area contributed by atoms with Crippen molar-refractivity contribution in [2.45, 2.75) is 158 Å². The molecule has 0 unspecified atom stereocenters. The number of fused-ring (bicyclic) bond motifs is 3. The molecule has 3 fully saturated rings. The van der Waals surface area contributed by atoms with Gasteiger partial charge < -0.3 is 44.7 Å². The summed E-state index contributed by atoms with van der Waals surface area (Å²) < 4.78 is 19.7. The van der Waals surface area contributed by atoms with Gasteiger partial charge in [-0.3, -0.25) is 57.4 Å². The predicted octanol–water partition coefficient (Wildman–Crippen LogP) is 24.5. The van der Waals surface area contributed by atoms with E-state index in [0.29, 0.717) is 105 Å². The molecule has 0 spiro atoms. The zero-order chi connectivity index (χ0) is 104. The fourth-order valence-corrected chi connectivity index (χ4v) is 21.9. The summed E-state index contributed by atoms with van der Waals surface area (Å²) in [6.45, 7) is 40.9. The van der Waals surface area contributed by atoms with Gasteiger partial charge in [0.05, 0.1) is 140 Å². The third-order valence-electron chi connectivity index (χ3n) is 24.8. The molecule has 3 aliphatic rings. The molecule has 0 aliphatic carbocycles. The van der Waals surface area contributed by atoms with Crippen LogP contribution in [0.15, 0.2) is 107 Å². The van der Waals surface area contributed by atoms with Crippen molar-refractivity contribution in [1.82, 2.24) is 58.3 Å². The number of nitrogens with zero attached hydrogens (tertiary/aromatic N) is 18. The number of carbonyl (C=O) groups is 3. The molecule has 27 nitrogen and oxygen atoms in total. The molecule has 0 bridgehead atoms. The van der Waals surface area contributed by atoms with E-state index >= 15 is 4.39 Å². The molecular weight excluding hydrogens is 2100 g/mol. The third kappa shape index (κ3) is 19.0. The van der Waals surface area contributed by atoms with Crippen molar-refractivity contribution in [2.24, 2.45) is 0 Å². The zero-order valence-corrected chi connectivity index (χ0v) is 88.6. The van der Waals surface area contributed by atoms with Crippen LogP contribution in [0, 0.1) is 60.6 Å². The number of aryl methyl sites for hydroxylation is 3. The van der Waals surface area contributed by atoms with Crippen LogP contribution in [0.25, 0.3) is 83.9 Å². The van der Waals surface area contributed by atoms with E-state index in [4.69, 9.17) is 177 Å². The molecule has 141 heavy (non-hydrogen) atoms. The van der Waals surface area contributed by atoms with Crippen molar-refractivity contribution < 1.29 is 34.1 Å². The maximum absolute atomic E-state index is 15.7. The first-order valence-corrected chi connectivity index (χ1v) is 49.0. The molecule has 3 amide bonds. The first-order chi connectivity index (χ1) is 66.5. The van der Waals surface area contributed by atoms with E-state index in [-0.39, 0.29) is 208 Å². The molecule has 12 heterocycles. The average molecular weight is 2190 g/mol. The van der Waals surface area contributed by atoms with Crippen molar-refractivity contribution in [3.8, 4) is 86.3 Å². The van der Waals surface area contributed by atoms with Crippen LogP contribution in [0.3, 0.4) is 0 Å². The lowest BCUT2D eigenvalue weighted by Gasteiger charge is -2.45. The maximum atomic E-state index is 15.7. The van der Waals surface area contributed by atoms with Gasteiger partial charge in [0.15, 0.2) is 5.82 Å². The summed E-state index contributed by atoms with van der Waals surface area (Å²) in [5.74, 6) is -3.95. The second kappa shape index (κ2) is 42.6. The van der Waals surface area contributed by atoms with Gasteiger partial charge in [0.2, 0.25) is 17.7 Å². The molecule has 3 N–H and O–H groups in total. The molecule has 3 aliphatic heterocycles. The summed E-state index contributed by atoms with van der Waals surface area (Å²) in [5, 5.41) is 63.0. The van der Waals surface area contributed by atoms with E-state index in [1.807, 2.05) is 112 Å². The van der Waals surface area contributed by atoms with E-state index in [2.05, 4.69) is 52.9 Å². The number of piperazine rings is 3. The van der Waals surface area contributed by atoms with Crippen LogP contribution in [0.4, 0.5) is 21.5 Å². The van der Waals surface area contributed by atoms with Gasteiger partial charge in [-0.1, -0.05) is 224 Å². The first-order valence-electron chi connectivity index (χ1n) is 43.7. The highest BCUT2D eigenvalue weighted by Gasteiger charge is 2.42. The van der Waals surface area contributed by atoms with E-state index in [9.17, 15) is 59.9 Å². The Bertz CT molecular complexity index is 6860. The van der Waals surface area contributed by atoms with Crippen molar-refractivity contribution in [3.63, 3.8) is 0 Å². The Morgan fingerprint density at radius 1 is 0.383 bits per heavy atom. The second-order valence-corrected chi connectivity index (χ2v) is 40.5. The van der Waals surface area contributed by atoms with Crippen LogP contribution >= 0.6 is 162 Å². The predicted molar refractivity (Wildman–Crippen MR) is 562 cm³/mol. The average Bonchev–Trinajstić information content (AvgIpc) is 0.725. The normalized spacial score (nSPS) is 16.6. The van der Waals surface area contributed by atoms with Crippen molar-refractivity contribution in [3.05, 3.63) is 251 Å². The molecule has 0 saturated carbocycles. The van der Waals surface area contributed by atoms with Gasteiger partial charge in [-0.05, 0) is 151 Å². The van der Waals surface area contributed by atoms with Crippen molar-refractivity contribution in [1.29, 1.82) is 15.8 Å². The van der Waals surface area contributed by atoms with Gasteiger partial charge in [0.25, 0.3) is 16.7 Å². The fraction of sp³-hybridized carbons (Fsp3) is 0.303. The van der Waals surface area contributed by atoms with E-state index in [0.717, 1.165) is 0 Å². The smallest absolute Gasteiger partial charge is 0.276 e. The van der Waals surface area contributed by atoms with Gasteiger partial charge in [0, 0.05) is 110 Å². The SMILES string of the molecule is C=CC(=O)N1[C@H](C)CN(c2c(C#N)c(=O)n(-c3c(C)ccnc3C(C)C)c3nc(-c4c(O)c(Cl)c(Cl)c(Cl)c4Cl)c(Cl)cc23)C[C@@H]1C.C=CC(=O)N1[C@H](C)CN(c2c(C#N)c(=O)n(-c3c(C)ccnc3C(C)C)c3nc(-c4c(O)c(Cl)c(Cl)c(Cl)c4Cl)c(Cl)cc23)C[C@@H]1C.C=CC(=O)N1[C@H](C)CN(c2c(C#N)c(=O)n(-c3c(C)ccnc3C(C)C)c3nc(-c4c(O)c(Cl)c(Cl)c(Cl)c4F)c(Cl)cc23)C[C@@H]1C. The summed E-state index contributed by atoms with van der Waals surface area (Å²) in [6, 6.07) is 14.4. The van der Waals surface area contributed by atoms with Gasteiger partial charge in [0.1, 0.15) is 84.2 Å². The number of aromatic hydroxyl groups is 3. The number of amides is 3. The fourth-order valence-electron chi connectivity index (χ4n) is 18.7. The number of pyridine rings is 9. The van der Waals surface area contributed by atoms with Gasteiger partial charge in [-0.2, -0.15) is 15.8 Å². The minimum absolute atomic E-state index is 0.00676. The molecule has 6 atom stereocenters. The second-order valence-electron chi connectivity index (χ2n) is 35.1. The van der Waals surface area contributed by atoms with E-state index < -0.39 is 60.4 Å². The molecule has 42 heteroatoms. The number of anilines is 3. The van der Waals surface area contributed by atoms with Crippen LogP contribution in [0.1, 0.15) is 151 Å². The maximum Gasteiger partial charge on any atom is 0.276 e. The number of benzene rings is 3. The Hall–Kier alpha value is -10.9. The highest BCUT2D eigenvalue weighted by atomic mass is 35.5. The molecule has 9 aromatic heterocycles. The summed E-state index contributed by atoms with van der Waals surface area (Å²) in [7, 11) is 0. The number of halogens is 15. The standard InChI is InChI=1S/2C33H29Cl5N6O3.C33H29Cl4FN6O3/c2*1-7-21(45)43-16(5)12-42(13-17(43)6)30-18-10-20(34)28(22-23(35)24(36)25(37)26(38)31(22)46)41-32(18)44(33(47)19(30)11-39)29-15(4)8-9-40-27(29)14(2)3;1-7-21(45)43-16(5)12-42(13-17(43)6)30-18-10-20(34)28(22-26(38)24(36)23(35)25(37)31(22)46)41-32(18)44(33(47)19(30)11-39)29-15(4)8-9-40-27(29)14(2)3/h3*7-10,14,16-17,46H,1,12-13H2,2-6H3/t3*16-,17+. The molecule has 732 valence electrons. The van der Waals surface area contributed by atoms with Crippen LogP contribution in [0.2, 0.25) is 70.3 Å². The number of nitriles is 3. The lowest BCUT2D eigenvalue weighted by molar-refractivity contribution is -0.131. The summed E-state index contributed by atoms with van der Waals surface area (Å²) in [6.07, 6.45) is 8.71. The van der Waals surface area contributed by atoms with Crippen LogP contribution in [0.5, 0.6) is 17.2 Å². The van der Waals surface area contributed by atoms with Crippen molar-refractivity contribution >= 4 is 230 Å². The summed E-state index contributed by atoms with van der Waals surface area (Å²) in [5.41, 5.74) is 2.76. The Labute approximate surface area is 879 Å². The minimum atomic E-state index is -1.12. The molecule has 0 radical (unpaired) electrons. The largest absolute Gasteiger partial charge is 0.506 e. The Balaban J connectivity index is 0.000000178. The number of hydrogen-bond donors (Lipinski definition) is 3. The summed E-state index contributed by atoms with van der Waals surface area (Å²) in [4.78, 5) is 121. The Morgan fingerprint density at radius 3 is 0.844 bits per heavy atom. The minimum Gasteiger partial charge on any atom is -0.506 e. The molecule has 3 aromatic carbocycles. The quantitative estimate of drug-likeness (QED) is 0.0487. The van der Waals surface area contributed by atoms with Crippen LogP contribution < -0.4 is 31.4 Å². The summed E-state index contributed by atoms with van der Waals surface area (Å²) >= 11 is 90.0. The lowest BCUT2D eigenvalue weighted by Crippen LogP contribution is -2.58. The van der Waals surface area contributed by atoms with Gasteiger partial charge in [-0.25, -0.2) is 19.3 Å². The highest BCUT2D eigenvalue weighted by molar-refractivity contribution is 6.55. The lowest BCUT2D eigenvalue weighted by atomic mass is 10.0. The Morgan fingerprint density at radius 2 is 0.610 bits per heavy atom. The van der Waals surface area contributed by atoms with Crippen LogP contribution in [-0.2, 0) is 14.4 Å². The molecule has 15 rings (SSSR count). The highest BCUT2D eigenvalue weighted by Crippen LogP contribution is 2.55. The monoisotopic (exact) mass is 2180 g/mol. The topological polar surface area (TPSA) is 346 Å². The number of carbonyl (C=O) groups excluding carboxylic acids is 3. The number of phenolic OH excluding ortho intramolecular Hbond substituents is 3. The molecule has 3 saturated heterocycles. The first kappa shape index (κ1) is 107. The van der Waals surface area contributed by atoms with Crippen molar-refractivity contribution in [2.75, 3.05) is 54.0 Å². The third-order valence-corrected chi connectivity index (χ3v) is 30.5. The van der Waals surface area contributed by atoms with E-state index in [1.165, 1.54) is 38.0 Å². The van der Waals surface area contributed by atoms with Crippen LogP contribution in [-0.4, -0.2) is 167 Å². The number of phenols is 3. The number of rotatable bonds is 15.